The van der Waals surface area contributed by atoms with Gasteiger partial charge in [0.2, 0.25) is 0 Å². The van der Waals surface area contributed by atoms with Gasteiger partial charge in [-0.3, -0.25) is 4.79 Å². The predicted octanol–water partition coefficient (Wildman–Crippen LogP) is 13.1. The van der Waals surface area contributed by atoms with Crippen LogP contribution in [0, 0.1) is 0 Å². The van der Waals surface area contributed by atoms with Crippen LogP contribution < -0.4 is 0 Å². The Bertz CT molecular complexity index is 939. The smallest absolute Gasteiger partial charge is 0.307 e. The van der Waals surface area contributed by atoms with Gasteiger partial charge in [0.25, 0.3) is 0 Å². The van der Waals surface area contributed by atoms with Gasteiger partial charge in [-0.25, -0.2) is 0 Å². The number of carbonyl (C=O) groups excluding carboxylic acids is 1. The number of carbonyl (C=O) groups is 1. The first-order chi connectivity index (χ1) is 25.0. The van der Waals surface area contributed by atoms with Gasteiger partial charge >= 0.3 is 5.97 Å². The predicted molar refractivity (Wildman–Crippen MR) is 218 cm³/mol. The molecule has 1 aliphatic heterocycles. The number of allylic oxidation sites excluding steroid dienone is 8. The van der Waals surface area contributed by atoms with Crippen molar-refractivity contribution in [3.8, 4) is 0 Å². The Balaban J connectivity index is 1.65. The first-order valence-electron chi connectivity index (χ1n) is 21.8. The van der Waals surface area contributed by atoms with Crippen molar-refractivity contribution < 1.29 is 19.0 Å². The molecular formula is C46H81NO4. The van der Waals surface area contributed by atoms with E-state index in [4.69, 9.17) is 14.2 Å². The summed E-state index contributed by atoms with van der Waals surface area (Å²) in [6.07, 6.45) is 51.5. The van der Waals surface area contributed by atoms with Gasteiger partial charge in [0.1, 0.15) is 6.10 Å². The summed E-state index contributed by atoms with van der Waals surface area (Å²) in [6, 6.07) is 0. The molecule has 0 aromatic carbocycles. The molecule has 5 heteroatoms. The Kier molecular flexibility index (Phi) is 27.4. The molecule has 0 aromatic rings. The zero-order valence-corrected chi connectivity index (χ0v) is 33.9. The average Bonchev–Trinajstić information content (AvgIpc) is 3.64. The van der Waals surface area contributed by atoms with E-state index in [1.165, 1.54) is 122 Å². The van der Waals surface area contributed by atoms with Crippen LogP contribution in [0.1, 0.15) is 194 Å². The highest BCUT2D eigenvalue weighted by molar-refractivity contribution is 5.69. The highest BCUT2D eigenvalue weighted by Crippen LogP contribution is 2.44. The van der Waals surface area contributed by atoms with E-state index in [2.05, 4.69) is 62.5 Å². The number of unbranched alkanes of at least 4 members (excludes halogenated alkanes) is 17. The zero-order valence-electron chi connectivity index (χ0n) is 33.9. The number of fused-ring (bicyclic) bond motifs is 1. The van der Waals surface area contributed by atoms with Gasteiger partial charge in [-0.1, -0.05) is 140 Å². The van der Waals surface area contributed by atoms with Gasteiger partial charge in [-0.2, -0.15) is 0 Å². The van der Waals surface area contributed by atoms with Crippen molar-refractivity contribution in [3.63, 3.8) is 0 Å². The van der Waals surface area contributed by atoms with Crippen molar-refractivity contribution in [2.45, 2.75) is 218 Å². The number of esters is 1. The Labute approximate surface area is 316 Å². The molecule has 0 N–H and O–H groups in total. The second kappa shape index (κ2) is 30.7. The third-order valence-corrected chi connectivity index (χ3v) is 10.5. The zero-order chi connectivity index (χ0) is 36.7. The van der Waals surface area contributed by atoms with Gasteiger partial charge in [-0.15, -0.1) is 0 Å². The summed E-state index contributed by atoms with van der Waals surface area (Å²) in [4.78, 5) is 14.4. The molecule has 1 saturated heterocycles. The topological polar surface area (TPSA) is 48.0 Å². The number of hydrogen-bond acceptors (Lipinski definition) is 5. The summed E-state index contributed by atoms with van der Waals surface area (Å²) >= 11 is 0. The lowest BCUT2D eigenvalue weighted by Crippen LogP contribution is -2.33. The quantitative estimate of drug-likeness (QED) is 0.0385. The van der Waals surface area contributed by atoms with Crippen LogP contribution in [-0.2, 0) is 19.0 Å². The van der Waals surface area contributed by atoms with E-state index in [1.807, 2.05) is 19.0 Å². The van der Waals surface area contributed by atoms with E-state index in [-0.39, 0.29) is 24.3 Å². The first-order valence-corrected chi connectivity index (χ1v) is 21.8. The first kappa shape index (κ1) is 45.5. The largest absolute Gasteiger partial charge is 0.462 e. The molecule has 1 unspecified atom stereocenters. The van der Waals surface area contributed by atoms with Crippen LogP contribution >= 0.6 is 0 Å². The Morgan fingerprint density at radius 1 is 0.588 bits per heavy atom. The van der Waals surface area contributed by atoms with Crippen molar-refractivity contribution in [1.29, 1.82) is 0 Å². The number of rotatable bonds is 33. The highest BCUT2D eigenvalue weighted by Gasteiger charge is 2.52. The van der Waals surface area contributed by atoms with Gasteiger partial charge in [-0.05, 0) is 84.7 Å². The fraction of sp³-hybridized carbons (Fsp3) is 0.804. The van der Waals surface area contributed by atoms with Crippen LogP contribution in [0.5, 0.6) is 0 Å². The van der Waals surface area contributed by atoms with Gasteiger partial charge < -0.3 is 19.1 Å². The van der Waals surface area contributed by atoms with E-state index in [0.29, 0.717) is 6.42 Å². The average molecular weight is 712 g/mol. The SMILES string of the molecule is CCCC/C=C\C/C=C\CCCCCCCCC1(CCCCCCCC/C=C\C/C=C\CCCCC)O[C@H]2C[C@H](OC(=O)CCN(C)C)C[C@H]2O1. The molecule has 0 spiro atoms. The highest BCUT2D eigenvalue weighted by atomic mass is 16.8. The normalized spacial score (nSPS) is 22.2. The maximum absolute atomic E-state index is 12.4. The lowest BCUT2D eigenvalue weighted by atomic mass is 9.98. The third-order valence-electron chi connectivity index (χ3n) is 10.5. The standard InChI is InChI=1S/C46H81NO4/c1-5-7-9-11-13-15-17-19-21-23-25-27-29-31-33-35-38-46(37-34-32-30-28-26-24-22-20-18-16-14-12-10-8-6-2)50-43-40-42(41-44(43)51-46)49-45(48)36-39-47(3)4/h12-15,18-21,42-44H,5-11,16-17,22-41H2,1-4H3/b14-12-,15-13-,20-18-,21-19-/t42-,43-,44+,46?. The molecule has 5 nitrogen and oxygen atoms in total. The fourth-order valence-electron chi connectivity index (χ4n) is 7.34. The summed E-state index contributed by atoms with van der Waals surface area (Å²) in [7, 11) is 3.97. The molecule has 0 bridgehead atoms. The van der Waals surface area contributed by atoms with Gasteiger partial charge in [0.05, 0.1) is 18.6 Å². The Morgan fingerprint density at radius 3 is 1.45 bits per heavy atom. The van der Waals surface area contributed by atoms with Crippen LogP contribution in [0.25, 0.3) is 0 Å². The van der Waals surface area contributed by atoms with Crippen LogP contribution in [0.15, 0.2) is 48.6 Å². The lowest BCUT2D eigenvalue weighted by Gasteiger charge is -2.30. The fourth-order valence-corrected chi connectivity index (χ4v) is 7.34. The molecule has 0 aromatic heterocycles. The maximum Gasteiger partial charge on any atom is 0.307 e. The molecule has 0 amide bonds. The van der Waals surface area contributed by atoms with Crippen LogP contribution in [-0.4, -0.2) is 55.6 Å². The number of hydrogen-bond donors (Lipinski definition) is 0. The minimum Gasteiger partial charge on any atom is -0.462 e. The molecule has 2 aliphatic rings. The Hall–Kier alpha value is -1.69. The molecular weight excluding hydrogens is 631 g/mol. The summed E-state index contributed by atoms with van der Waals surface area (Å²) in [6.45, 7) is 5.23. The van der Waals surface area contributed by atoms with Crippen molar-refractivity contribution in [2.75, 3.05) is 20.6 Å². The van der Waals surface area contributed by atoms with E-state index >= 15 is 0 Å². The monoisotopic (exact) mass is 712 g/mol. The molecule has 0 radical (unpaired) electrons. The van der Waals surface area contributed by atoms with Crippen LogP contribution in [0.2, 0.25) is 0 Å². The number of nitrogens with zero attached hydrogens (tertiary/aromatic N) is 1. The third kappa shape index (κ3) is 23.6. The molecule has 2 rings (SSSR count). The van der Waals surface area contributed by atoms with E-state index in [9.17, 15) is 4.79 Å². The van der Waals surface area contributed by atoms with Crippen molar-refractivity contribution >= 4 is 5.97 Å². The van der Waals surface area contributed by atoms with Crippen molar-refractivity contribution in [3.05, 3.63) is 48.6 Å². The van der Waals surface area contributed by atoms with E-state index < -0.39 is 5.79 Å². The molecule has 1 aliphatic carbocycles. The maximum atomic E-state index is 12.4. The summed E-state index contributed by atoms with van der Waals surface area (Å²) < 4.78 is 19.4. The molecule has 1 heterocycles. The van der Waals surface area contributed by atoms with Gasteiger partial charge in [0.15, 0.2) is 5.79 Å². The van der Waals surface area contributed by atoms with Crippen molar-refractivity contribution in [2.24, 2.45) is 0 Å². The van der Waals surface area contributed by atoms with Crippen LogP contribution in [0.3, 0.4) is 0 Å². The lowest BCUT2D eigenvalue weighted by molar-refractivity contribution is -0.196. The molecule has 51 heavy (non-hydrogen) atoms. The summed E-state index contributed by atoms with van der Waals surface area (Å²) in [5.41, 5.74) is 0. The summed E-state index contributed by atoms with van der Waals surface area (Å²) in [5.74, 6) is -0.549. The minimum atomic E-state index is -0.444. The van der Waals surface area contributed by atoms with Crippen molar-refractivity contribution in [1.82, 2.24) is 4.90 Å². The summed E-state index contributed by atoms with van der Waals surface area (Å²) in [5, 5.41) is 0. The molecule has 2 fully saturated rings. The second-order valence-corrected chi connectivity index (χ2v) is 15.7. The molecule has 294 valence electrons. The van der Waals surface area contributed by atoms with E-state index in [1.54, 1.807) is 0 Å². The molecule has 1 saturated carbocycles. The molecule has 4 atom stereocenters. The number of ether oxygens (including phenoxy) is 3. The van der Waals surface area contributed by atoms with Crippen LogP contribution in [0.4, 0.5) is 0 Å². The van der Waals surface area contributed by atoms with E-state index in [0.717, 1.165) is 57.9 Å². The second-order valence-electron chi connectivity index (χ2n) is 15.7. The minimum absolute atomic E-state index is 0.0566. The van der Waals surface area contributed by atoms with Gasteiger partial charge in [0, 0.05) is 32.2 Å². The Morgan fingerprint density at radius 2 is 1.00 bits per heavy atom.